The van der Waals surface area contributed by atoms with Crippen LogP contribution in [-0.2, 0) is 9.59 Å². The molecule has 0 heterocycles. The van der Waals surface area contributed by atoms with Crippen molar-refractivity contribution in [1.29, 1.82) is 5.26 Å². The van der Waals surface area contributed by atoms with Crippen LogP contribution in [0.3, 0.4) is 0 Å². The van der Waals surface area contributed by atoms with Gasteiger partial charge in [-0.1, -0.05) is 29.3 Å². The molecule has 0 radical (unpaired) electrons. The summed E-state index contributed by atoms with van der Waals surface area (Å²) in [6.45, 7) is -0.348. The van der Waals surface area contributed by atoms with Gasteiger partial charge in [0.15, 0.2) is 6.61 Å². The standard InChI is InChI=1S/C18H13Cl2N3O3/c19-13-2-1-3-15(8-13)23-18(25)12(9-21)6-11-7-14(20)4-5-16(11)26-10-17(22)24/h1-8H,10H2,(H2,22,24)(H,23,25)/b12-6+. The molecule has 0 aliphatic rings. The summed E-state index contributed by atoms with van der Waals surface area (Å²) < 4.78 is 5.28. The molecular formula is C18H13Cl2N3O3. The highest BCUT2D eigenvalue weighted by Crippen LogP contribution is 2.26. The highest BCUT2D eigenvalue weighted by atomic mass is 35.5. The first kappa shape index (κ1) is 19.3. The van der Waals surface area contributed by atoms with Crippen molar-refractivity contribution in [2.75, 3.05) is 11.9 Å². The SMILES string of the molecule is N#C/C(=C\c1cc(Cl)ccc1OCC(N)=O)C(=O)Nc1cccc(Cl)c1. The van der Waals surface area contributed by atoms with Gasteiger partial charge < -0.3 is 15.8 Å². The van der Waals surface area contributed by atoms with E-state index in [1.165, 1.54) is 18.2 Å². The molecule has 26 heavy (non-hydrogen) atoms. The van der Waals surface area contributed by atoms with Gasteiger partial charge in [0, 0.05) is 21.3 Å². The lowest BCUT2D eigenvalue weighted by Gasteiger charge is -2.09. The molecule has 0 aromatic heterocycles. The van der Waals surface area contributed by atoms with Crippen molar-refractivity contribution in [2.24, 2.45) is 5.73 Å². The van der Waals surface area contributed by atoms with Crippen LogP contribution in [0.1, 0.15) is 5.56 Å². The predicted octanol–water partition coefficient (Wildman–Crippen LogP) is 3.40. The number of carbonyl (C=O) groups is 2. The molecule has 8 heteroatoms. The Kier molecular flexibility index (Phi) is 6.61. The smallest absolute Gasteiger partial charge is 0.266 e. The van der Waals surface area contributed by atoms with Crippen LogP contribution in [-0.4, -0.2) is 18.4 Å². The Labute approximate surface area is 159 Å². The average Bonchev–Trinajstić information content (AvgIpc) is 2.58. The molecule has 0 fully saturated rings. The minimum absolute atomic E-state index is 0.184. The third-order valence-corrected chi connectivity index (χ3v) is 3.56. The van der Waals surface area contributed by atoms with Crippen molar-refractivity contribution >= 4 is 46.8 Å². The summed E-state index contributed by atoms with van der Waals surface area (Å²) in [6, 6.07) is 12.9. The van der Waals surface area contributed by atoms with Crippen molar-refractivity contribution in [3.63, 3.8) is 0 Å². The van der Waals surface area contributed by atoms with Crippen LogP contribution in [0.2, 0.25) is 10.0 Å². The lowest BCUT2D eigenvalue weighted by atomic mass is 10.1. The van der Waals surface area contributed by atoms with Crippen molar-refractivity contribution < 1.29 is 14.3 Å². The van der Waals surface area contributed by atoms with E-state index in [0.717, 1.165) is 0 Å². The van der Waals surface area contributed by atoms with Crippen LogP contribution in [0.5, 0.6) is 5.75 Å². The number of halogens is 2. The van der Waals surface area contributed by atoms with Gasteiger partial charge in [-0.3, -0.25) is 9.59 Å². The van der Waals surface area contributed by atoms with E-state index >= 15 is 0 Å². The summed E-state index contributed by atoms with van der Waals surface area (Å²) in [5.74, 6) is -1.03. The number of nitriles is 1. The third kappa shape index (κ3) is 5.52. The van der Waals surface area contributed by atoms with E-state index in [2.05, 4.69) is 5.32 Å². The zero-order valence-corrected chi connectivity index (χ0v) is 14.8. The number of nitrogens with one attached hydrogen (secondary N) is 1. The molecule has 0 spiro atoms. The van der Waals surface area contributed by atoms with E-state index in [1.54, 1.807) is 30.3 Å². The van der Waals surface area contributed by atoms with Gasteiger partial charge in [-0.15, -0.1) is 0 Å². The minimum atomic E-state index is -0.658. The lowest BCUT2D eigenvalue weighted by molar-refractivity contribution is -0.120. The minimum Gasteiger partial charge on any atom is -0.483 e. The molecule has 0 aliphatic heterocycles. The molecule has 3 N–H and O–H groups in total. The molecular weight excluding hydrogens is 377 g/mol. The van der Waals surface area contributed by atoms with E-state index < -0.39 is 11.8 Å². The number of benzene rings is 2. The summed E-state index contributed by atoms with van der Waals surface area (Å²) in [6.07, 6.45) is 1.31. The second-order valence-corrected chi connectivity index (χ2v) is 5.94. The zero-order valence-electron chi connectivity index (χ0n) is 13.3. The Balaban J connectivity index is 2.30. The van der Waals surface area contributed by atoms with Crippen LogP contribution >= 0.6 is 23.2 Å². The fraction of sp³-hybridized carbons (Fsp3) is 0.0556. The molecule has 0 atom stereocenters. The Morgan fingerprint density at radius 2 is 1.92 bits per heavy atom. The quantitative estimate of drug-likeness (QED) is 0.583. The van der Waals surface area contributed by atoms with E-state index in [0.29, 0.717) is 21.3 Å². The number of nitrogens with zero attached hydrogens (tertiary/aromatic N) is 1. The monoisotopic (exact) mass is 389 g/mol. The normalized spacial score (nSPS) is 10.7. The van der Waals surface area contributed by atoms with E-state index in [9.17, 15) is 14.9 Å². The predicted molar refractivity (Wildman–Crippen MR) is 99.8 cm³/mol. The zero-order chi connectivity index (χ0) is 19.1. The van der Waals surface area contributed by atoms with Gasteiger partial charge in [0.1, 0.15) is 17.4 Å². The van der Waals surface area contributed by atoms with Crippen LogP contribution in [0.4, 0.5) is 5.69 Å². The molecule has 132 valence electrons. The molecule has 0 bridgehead atoms. The first-order valence-electron chi connectivity index (χ1n) is 7.28. The van der Waals surface area contributed by atoms with Crippen molar-refractivity contribution in [3.8, 4) is 11.8 Å². The summed E-state index contributed by atoms with van der Waals surface area (Å²) in [5.41, 5.74) is 5.68. The summed E-state index contributed by atoms with van der Waals surface area (Å²) in [5, 5.41) is 12.7. The molecule has 6 nitrogen and oxygen atoms in total. The molecule has 2 aromatic carbocycles. The van der Waals surface area contributed by atoms with Crippen LogP contribution in [0.15, 0.2) is 48.0 Å². The highest BCUT2D eigenvalue weighted by Gasteiger charge is 2.12. The third-order valence-electron chi connectivity index (χ3n) is 3.09. The fourth-order valence-corrected chi connectivity index (χ4v) is 2.35. The molecule has 0 saturated heterocycles. The number of ether oxygens (including phenoxy) is 1. The molecule has 2 aromatic rings. The molecule has 2 rings (SSSR count). The van der Waals surface area contributed by atoms with Crippen LogP contribution in [0, 0.1) is 11.3 Å². The largest absolute Gasteiger partial charge is 0.483 e. The Bertz CT molecular complexity index is 920. The Hall–Kier alpha value is -3.01. The average molecular weight is 390 g/mol. The van der Waals surface area contributed by atoms with Crippen LogP contribution < -0.4 is 15.8 Å². The first-order valence-corrected chi connectivity index (χ1v) is 8.04. The second kappa shape index (κ2) is 8.90. The molecule has 0 aliphatic carbocycles. The number of primary amides is 1. The molecule has 0 saturated carbocycles. The number of hydrogen-bond donors (Lipinski definition) is 2. The fourth-order valence-electron chi connectivity index (χ4n) is 1.98. The van der Waals surface area contributed by atoms with Gasteiger partial charge in [0.2, 0.25) is 0 Å². The maximum Gasteiger partial charge on any atom is 0.266 e. The number of carbonyl (C=O) groups excluding carboxylic acids is 2. The highest BCUT2D eigenvalue weighted by molar-refractivity contribution is 6.31. The maximum atomic E-state index is 12.3. The van der Waals surface area contributed by atoms with Gasteiger partial charge in [0.05, 0.1) is 0 Å². The Morgan fingerprint density at radius 3 is 2.58 bits per heavy atom. The molecule has 2 amide bonds. The van der Waals surface area contributed by atoms with Crippen molar-refractivity contribution in [2.45, 2.75) is 0 Å². The van der Waals surface area contributed by atoms with Gasteiger partial charge in [-0.2, -0.15) is 5.26 Å². The summed E-state index contributed by atoms with van der Waals surface area (Å²) in [7, 11) is 0. The molecule has 0 unspecified atom stereocenters. The van der Waals surface area contributed by atoms with Crippen molar-refractivity contribution in [3.05, 3.63) is 63.6 Å². The van der Waals surface area contributed by atoms with E-state index in [1.807, 2.05) is 6.07 Å². The topological polar surface area (TPSA) is 105 Å². The number of nitrogens with two attached hydrogens (primary N) is 1. The first-order chi connectivity index (χ1) is 12.4. The summed E-state index contributed by atoms with van der Waals surface area (Å²) >= 11 is 11.8. The van der Waals surface area contributed by atoms with Gasteiger partial charge in [-0.25, -0.2) is 0 Å². The Morgan fingerprint density at radius 1 is 1.19 bits per heavy atom. The van der Waals surface area contributed by atoms with Gasteiger partial charge >= 0.3 is 0 Å². The van der Waals surface area contributed by atoms with E-state index in [4.69, 9.17) is 33.7 Å². The number of rotatable bonds is 6. The number of amides is 2. The lowest BCUT2D eigenvalue weighted by Crippen LogP contribution is -2.20. The second-order valence-electron chi connectivity index (χ2n) is 5.07. The van der Waals surface area contributed by atoms with Crippen molar-refractivity contribution in [1.82, 2.24) is 0 Å². The van der Waals surface area contributed by atoms with E-state index in [-0.39, 0.29) is 17.9 Å². The maximum absolute atomic E-state index is 12.3. The number of anilines is 1. The van der Waals surface area contributed by atoms with Gasteiger partial charge in [0.25, 0.3) is 11.8 Å². The van der Waals surface area contributed by atoms with Crippen LogP contribution in [0.25, 0.3) is 6.08 Å². The summed E-state index contributed by atoms with van der Waals surface area (Å²) in [4.78, 5) is 23.2. The number of hydrogen-bond acceptors (Lipinski definition) is 4. The van der Waals surface area contributed by atoms with Gasteiger partial charge in [-0.05, 0) is 42.5 Å².